The number of hydrazine groups is 1. The predicted octanol–water partition coefficient (Wildman–Crippen LogP) is -0.191. The number of carboxylic acid groups (broad SMARTS) is 1. The van der Waals surface area contributed by atoms with Gasteiger partial charge >= 0.3 is 5.97 Å². The van der Waals surface area contributed by atoms with Crippen molar-refractivity contribution in [2.45, 2.75) is 6.42 Å². The van der Waals surface area contributed by atoms with Crippen LogP contribution in [-0.4, -0.2) is 17.0 Å². The highest BCUT2D eigenvalue weighted by Gasteiger charge is 2.33. The molecule has 5 nitrogen and oxygen atoms in total. The van der Waals surface area contributed by atoms with Crippen molar-refractivity contribution in [2.24, 2.45) is 17.7 Å². The van der Waals surface area contributed by atoms with Gasteiger partial charge in [0.15, 0.2) is 0 Å². The van der Waals surface area contributed by atoms with E-state index in [1.165, 1.54) is 6.08 Å². The number of rotatable bonds is 2. The Bertz CT molecular complexity index is 309. The molecule has 0 aliphatic heterocycles. The first-order valence-electron chi connectivity index (χ1n) is 4.15. The van der Waals surface area contributed by atoms with Gasteiger partial charge in [0.1, 0.15) is 0 Å². The molecule has 1 aliphatic rings. The molecule has 5 heteroatoms. The van der Waals surface area contributed by atoms with Crippen LogP contribution >= 0.6 is 0 Å². The van der Waals surface area contributed by atoms with Crippen molar-refractivity contribution >= 4 is 11.9 Å². The van der Waals surface area contributed by atoms with Crippen molar-refractivity contribution in [1.82, 2.24) is 5.43 Å². The van der Waals surface area contributed by atoms with E-state index in [-0.39, 0.29) is 0 Å². The van der Waals surface area contributed by atoms with E-state index in [1.54, 1.807) is 6.08 Å². The van der Waals surface area contributed by atoms with E-state index < -0.39 is 23.7 Å². The fourth-order valence-electron chi connectivity index (χ4n) is 1.47. The second-order valence-corrected chi connectivity index (χ2v) is 3.20. The van der Waals surface area contributed by atoms with Gasteiger partial charge in [0.25, 0.3) is 0 Å². The molecular formula is C9H12N2O3. The maximum Gasteiger partial charge on any atom is 0.311 e. The molecule has 2 unspecified atom stereocenters. The third-order valence-corrected chi connectivity index (χ3v) is 2.22. The Morgan fingerprint density at radius 2 is 2.29 bits per heavy atom. The van der Waals surface area contributed by atoms with Crippen molar-refractivity contribution in [3.05, 3.63) is 24.3 Å². The summed E-state index contributed by atoms with van der Waals surface area (Å²) in [4.78, 5) is 22.0. The first kappa shape index (κ1) is 10.5. The minimum Gasteiger partial charge on any atom is -0.481 e. The average molecular weight is 196 g/mol. The molecule has 0 saturated heterocycles. The standard InChI is InChI=1S/C9H12N2O3/c1-5-2-3-6(9(13)14)7(4-5)8(12)11-10/h2-3,6-7H,1,4,10H2,(H,11,12)(H,13,14). The van der Waals surface area contributed by atoms with E-state index in [0.717, 1.165) is 5.57 Å². The molecule has 2 atom stereocenters. The number of hydrogen-bond acceptors (Lipinski definition) is 3. The Hall–Kier alpha value is -1.62. The smallest absolute Gasteiger partial charge is 0.311 e. The highest BCUT2D eigenvalue weighted by molar-refractivity contribution is 5.86. The quantitative estimate of drug-likeness (QED) is 0.324. The number of carboxylic acids is 1. The second kappa shape index (κ2) is 4.06. The van der Waals surface area contributed by atoms with Gasteiger partial charge in [-0.25, -0.2) is 5.84 Å². The van der Waals surface area contributed by atoms with Gasteiger partial charge in [-0.15, -0.1) is 0 Å². The van der Waals surface area contributed by atoms with Gasteiger partial charge in [-0.3, -0.25) is 15.0 Å². The summed E-state index contributed by atoms with van der Waals surface area (Å²) in [5.41, 5.74) is 2.70. The molecule has 0 saturated carbocycles. The highest BCUT2D eigenvalue weighted by atomic mass is 16.4. The molecule has 0 aromatic heterocycles. The normalized spacial score (nSPS) is 25.9. The third kappa shape index (κ3) is 2.00. The Labute approximate surface area is 81.3 Å². The monoisotopic (exact) mass is 196 g/mol. The van der Waals surface area contributed by atoms with E-state index >= 15 is 0 Å². The molecule has 76 valence electrons. The molecule has 0 aromatic rings. The summed E-state index contributed by atoms with van der Waals surface area (Å²) < 4.78 is 0. The summed E-state index contributed by atoms with van der Waals surface area (Å²) in [6, 6.07) is 0. The lowest BCUT2D eigenvalue weighted by Gasteiger charge is -2.23. The van der Waals surface area contributed by atoms with Crippen LogP contribution in [0.2, 0.25) is 0 Å². The molecule has 0 heterocycles. The Balaban J connectivity index is 2.90. The van der Waals surface area contributed by atoms with E-state index in [9.17, 15) is 9.59 Å². The van der Waals surface area contributed by atoms with Crippen molar-refractivity contribution < 1.29 is 14.7 Å². The van der Waals surface area contributed by atoms with Crippen molar-refractivity contribution in [3.8, 4) is 0 Å². The number of nitrogens with two attached hydrogens (primary N) is 1. The lowest BCUT2D eigenvalue weighted by molar-refractivity contribution is -0.145. The fourth-order valence-corrected chi connectivity index (χ4v) is 1.47. The zero-order valence-corrected chi connectivity index (χ0v) is 7.56. The number of allylic oxidation sites excluding steroid dienone is 2. The molecule has 14 heavy (non-hydrogen) atoms. The van der Waals surface area contributed by atoms with Crippen LogP contribution in [0.5, 0.6) is 0 Å². The molecule has 0 fully saturated rings. The number of nitrogens with one attached hydrogen (secondary N) is 1. The zero-order valence-electron chi connectivity index (χ0n) is 7.56. The van der Waals surface area contributed by atoms with Gasteiger partial charge in [-0.2, -0.15) is 0 Å². The van der Waals surface area contributed by atoms with Gasteiger partial charge in [-0.05, 0) is 6.42 Å². The lowest BCUT2D eigenvalue weighted by atomic mass is 9.81. The number of carbonyl (C=O) groups excluding carboxylic acids is 1. The van der Waals surface area contributed by atoms with Crippen molar-refractivity contribution in [2.75, 3.05) is 0 Å². The topological polar surface area (TPSA) is 92.4 Å². The minimum absolute atomic E-state index is 0.330. The van der Waals surface area contributed by atoms with Gasteiger partial charge < -0.3 is 5.11 Å². The van der Waals surface area contributed by atoms with Crippen LogP contribution in [0.3, 0.4) is 0 Å². The summed E-state index contributed by atoms with van der Waals surface area (Å²) in [5.74, 6) is 2.00. The molecule has 0 spiro atoms. The molecule has 0 aromatic carbocycles. The molecule has 1 rings (SSSR count). The number of amides is 1. The Morgan fingerprint density at radius 1 is 1.64 bits per heavy atom. The summed E-state index contributed by atoms with van der Waals surface area (Å²) in [6.45, 7) is 3.67. The van der Waals surface area contributed by atoms with Gasteiger partial charge in [0.05, 0.1) is 11.8 Å². The van der Waals surface area contributed by atoms with Crippen LogP contribution in [0.4, 0.5) is 0 Å². The average Bonchev–Trinajstić information content (AvgIpc) is 2.16. The van der Waals surface area contributed by atoms with E-state index in [0.29, 0.717) is 6.42 Å². The van der Waals surface area contributed by atoms with Crippen LogP contribution in [0.25, 0.3) is 0 Å². The first-order valence-corrected chi connectivity index (χ1v) is 4.15. The van der Waals surface area contributed by atoms with Gasteiger partial charge in [-0.1, -0.05) is 24.3 Å². The zero-order chi connectivity index (χ0) is 10.7. The van der Waals surface area contributed by atoms with Crippen LogP contribution in [0.1, 0.15) is 6.42 Å². The predicted molar refractivity (Wildman–Crippen MR) is 49.8 cm³/mol. The molecule has 1 aliphatic carbocycles. The number of hydrogen-bond donors (Lipinski definition) is 3. The van der Waals surface area contributed by atoms with Crippen molar-refractivity contribution in [3.63, 3.8) is 0 Å². The lowest BCUT2D eigenvalue weighted by Crippen LogP contribution is -2.41. The summed E-state index contributed by atoms with van der Waals surface area (Å²) in [6.07, 6.45) is 3.42. The molecule has 0 radical (unpaired) electrons. The summed E-state index contributed by atoms with van der Waals surface area (Å²) in [7, 11) is 0. The number of carbonyl (C=O) groups is 2. The third-order valence-electron chi connectivity index (χ3n) is 2.22. The Morgan fingerprint density at radius 3 is 2.79 bits per heavy atom. The molecule has 4 N–H and O–H groups in total. The maximum absolute atomic E-state index is 11.3. The van der Waals surface area contributed by atoms with Gasteiger partial charge in [0, 0.05) is 0 Å². The molecule has 0 bridgehead atoms. The molecular weight excluding hydrogens is 184 g/mol. The summed E-state index contributed by atoms with van der Waals surface area (Å²) in [5, 5.41) is 8.84. The van der Waals surface area contributed by atoms with Crippen molar-refractivity contribution in [1.29, 1.82) is 0 Å². The van der Waals surface area contributed by atoms with Crippen LogP contribution < -0.4 is 11.3 Å². The first-order chi connectivity index (χ1) is 6.56. The van der Waals surface area contributed by atoms with E-state index in [4.69, 9.17) is 10.9 Å². The maximum atomic E-state index is 11.3. The minimum atomic E-state index is -1.03. The van der Waals surface area contributed by atoms with Crippen LogP contribution in [-0.2, 0) is 9.59 Å². The Kier molecular flexibility index (Phi) is 3.03. The van der Waals surface area contributed by atoms with Crippen LogP contribution in [0, 0.1) is 11.8 Å². The number of aliphatic carboxylic acids is 1. The highest BCUT2D eigenvalue weighted by Crippen LogP contribution is 2.27. The van der Waals surface area contributed by atoms with Crippen LogP contribution in [0.15, 0.2) is 24.3 Å². The van der Waals surface area contributed by atoms with E-state index in [2.05, 4.69) is 6.58 Å². The second-order valence-electron chi connectivity index (χ2n) is 3.20. The fraction of sp³-hybridized carbons (Fsp3) is 0.333. The summed E-state index contributed by atoms with van der Waals surface area (Å²) >= 11 is 0. The largest absolute Gasteiger partial charge is 0.481 e. The SMILES string of the molecule is C=C1C=CC(C(=O)O)C(C(=O)NN)C1. The van der Waals surface area contributed by atoms with E-state index in [1.807, 2.05) is 5.43 Å². The molecule has 1 amide bonds. The van der Waals surface area contributed by atoms with Gasteiger partial charge in [0.2, 0.25) is 5.91 Å².